The Bertz CT molecular complexity index is 374. The van der Waals surface area contributed by atoms with Crippen LogP contribution >= 0.6 is 22.6 Å². The highest BCUT2D eigenvalue weighted by Crippen LogP contribution is 2.37. The predicted molar refractivity (Wildman–Crippen MR) is 46.9 cm³/mol. The van der Waals surface area contributed by atoms with Crippen molar-refractivity contribution in [2.45, 2.75) is 12.6 Å². The SMILES string of the molecule is Fc1cnc(C(F)(F)F)c(C(F)F)c1I. The molecule has 0 radical (unpaired) electrons. The van der Waals surface area contributed by atoms with E-state index >= 15 is 0 Å². The third-order valence-electron chi connectivity index (χ3n) is 1.49. The minimum absolute atomic E-state index is 0.274. The van der Waals surface area contributed by atoms with E-state index in [1.165, 1.54) is 0 Å². The van der Waals surface area contributed by atoms with Crippen molar-refractivity contribution in [2.75, 3.05) is 0 Å². The zero-order valence-electron chi connectivity index (χ0n) is 6.75. The Morgan fingerprint density at radius 3 is 2.20 bits per heavy atom. The number of aromatic nitrogens is 1. The second-order valence-electron chi connectivity index (χ2n) is 2.48. The summed E-state index contributed by atoms with van der Waals surface area (Å²) in [6.45, 7) is 0. The van der Waals surface area contributed by atoms with Crippen molar-refractivity contribution in [1.29, 1.82) is 0 Å². The lowest BCUT2D eigenvalue weighted by atomic mass is 10.2. The van der Waals surface area contributed by atoms with Crippen LogP contribution in [0.1, 0.15) is 17.7 Å². The molecule has 0 saturated carbocycles. The number of halogens is 7. The van der Waals surface area contributed by atoms with E-state index in [4.69, 9.17) is 0 Å². The molecule has 0 aliphatic rings. The first-order chi connectivity index (χ1) is 6.75. The van der Waals surface area contributed by atoms with E-state index in [9.17, 15) is 26.3 Å². The van der Waals surface area contributed by atoms with Crippen LogP contribution < -0.4 is 0 Å². The van der Waals surface area contributed by atoms with Crippen molar-refractivity contribution >= 4 is 22.6 Å². The molecule has 0 unspecified atom stereocenters. The van der Waals surface area contributed by atoms with Crippen LogP contribution in [0.15, 0.2) is 6.20 Å². The van der Waals surface area contributed by atoms with Gasteiger partial charge in [-0.3, -0.25) is 0 Å². The maximum absolute atomic E-state index is 12.7. The van der Waals surface area contributed by atoms with Gasteiger partial charge in [0.1, 0.15) is 0 Å². The summed E-state index contributed by atoms with van der Waals surface area (Å²) >= 11 is 1.09. The topological polar surface area (TPSA) is 12.9 Å². The molecule has 8 heteroatoms. The second-order valence-corrected chi connectivity index (χ2v) is 3.56. The van der Waals surface area contributed by atoms with Gasteiger partial charge in [-0.15, -0.1) is 0 Å². The summed E-state index contributed by atoms with van der Waals surface area (Å²) in [5.74, 6) is -1.20. The van der Waals surface area contributed by atoms with E-state index in [0.717, 1.165) is 22.6 Å². The smallest absolute Gasteiger partial charge is 0.248 e. The summed E-state index contributed by atoms with van der Waals surface area (Å²) in [5.41, 5.74) is -3.16. The van der Waals surface area contributed by atoms with Crippen molar-refractivity contribution in [3.8, 4) is 0 Å². The van der Waals surface area contributed by atoms with Crippen LogP contribution in [-0.2, 0) is 6.18 Å². The number of hydrogen-bond acceptors (Lipinski definition) is 1. The average Bonchev–Trinajstić information content (AvgIpc) is 2.06. The molecule has 0 N–H and O–H groups in total. The van der Waals surface area contributed by atoms with Gasteiger partial charge in [-0.25, -0.2) is 18.2 Å². The molecule has 0 aromatic carbocycles. The Kier molecular flexibility index (Phi) is 3.46. The van der Waals surface area contributed by atoms with Gasteiger partial charge in [0.05, 0.1) is 15.3 Å². The van der Waals surface area contributed by atoms with Crippen molar-refractivity contribution in [1.82, 2.24) is 4.98 Å². The van der Waals surface area contributed by atoms with Gasteiger partial charge in [0.15, 0.2) is 11.5 Å². The van der Waals surface area contributed by atoms with Crippen LogP contribution in [-0.4, -0.2) is 4.98 Å². The maximum Gasteiger partial charge on any atom is 0.433 e. The second kappa shape index (κ2) is 4.14. The molecule has 1 heterocycles. The van der Waals surface area contributed by atoms with Gasteiger partial charge in [-0.2, -0.15) is 13.2 Å². The molecule has 0 amide bonds. The fourth-order valence-electron chi connectivity index (χ4n) is 0.905. The van der Waals surface area contributed by atoms with E-state index in [2.05, 4.69) is 4.98 Å². The Balaban J connectivity index is 3.47. The molecular formula is C7H2F6IN. The first-order valence-corrected chi connectivity index (χ1v) is 4.52. The molecule has 1 aromatic rings. The van der Waals surface area contributed by atoms with Gasteiger partial charge in [-0.05, 0) is 22.6 Å². The quantitative estimate of drug-likeness (QED) is 0.560. The maximum atomic E-state index is 12.7. The highest BCUT2D eigenvalue weighted by Gasteiger charge is 2.39. The van der Waals surface area contributed by atoms with E-state index in [-0.39, 0.29) is 6.20 Å². The molecule has 0 aliphatic heterocycles. The van der Waals surface area contributed by atoms with Crippen molar-refractivity contribution in [2.24, 2.45) is 0 Å². The largest absolute Gasteiger partial charge is 0.433 e. The summed E-state index contributed by atoms with van der Waals surface area (Å²) in [4.78, 5) is 2.65. The molecule has 0 bridgehead atoms. The van der Waals surface area contributed by atoms with Gasteiger partial charge in [0.25, 0.3) is 6.43 Å². The highest BCUT2D eigenvalue weighted by atomic mass is 127. The number of pyridine rings is 1. The lowest BCUT2D eigenvalue weighted by Crippen LogP contribution is -2.14. The highest BCUT2D eigenvalue weighted by molar-refractivity contribution is 14.1. The van der Waals surface area contributed by atoms with Gasteiger partial charge in [-0.1, -0.05) is 0 Å². The van der Waals surface area contributed by atoms with Crippen molar-refractivity contribution < 1.29 is 26.3 Å². The van der Waals surface area contributed by atoms with Gasteiger partial charge >= 0.3 is 6.18 Å². The first kappa shape index (κ1) is 12.5. The van der Waals surface area contributed by atoms with Crippen LogP contribution in [0, 0.1) is 9.39 Å². The third-order valence-corrected chi connectivity index (χ3v) is 2.59. The number of nitrogens with zero attached hydrogens (tertiary/aromatic N) is 1. The van der Waals surface area contributed by atoms with Gasteiger partial charge in [0, 0.05) is 0 Å². The summed E-state index contributed by atoms with van der Waals surface area (Å²) in [5, 5.41) is 0. The van der Waals surface area contributed by atoms with Crippen molar-refractivity contribution in [3.63, 3.8) is 0 Å². The van der Waals surface area contributed by atoms with Gasteiger partial charge < -0.3 is 0 Å². The molecule has 1 nitrogen and oxygen atoms in total. The number of rotatable bonds is 1. The standard InChI is InChI=1S/C7H2F6IN/c8-2-1-15-5(7(11,12)13)3(4(2)14)6(9)10/h1,6H. The zero-order chi connectivity index (χ0) is 11.8. The lowest BCUT2D eigenvalue weighted by molar-refractivity contribution is -0.143. The molecule has 0 fully saturated rings. The molecule has 0 atom stereocenters. The molecular weight excluding hydrogens is 339 g/mol. The minimum atomic E-state index is -5.01. The number of alkyl halides is 5. The monoisotopic (exact) mass is 341 g/mol. The molecule has 15 heavy (non-hydrogen) atoms. The normalized spacial score (nSPS) is 12.3. The Morgan fingerprint density at radius 2 is 1.80 bits per heavy atom. The van der Waals surface area contributed by atoms with Crippen LogP contribution in [0.25, 0.3) is 0 Å². The van der Waals surface area contributed by atoms with Crippen LogP contribution in [0.4, 0.5) is 26.3 Å². The first-order valence-electron chi connectivity index (χ1n) is 3.44. The van der Waals surface area contributed by atoms with E-state index in [0.29, 0.717) is 0 Å². The Labute approximate surface area is 93.6 Å². The average molecular weight is 341 g/mol. The zero-order valence-corrected chi connectivity index (χ0v) is 8.91. The lowest BCUT2D eigenvalue weighted by Gasteiger charge is -2.12. The molecule has 0 spiro atoms. The number of hydrogen-bond donors (Lipinski definition) is 0. The molecule has 84 valence electrons. The van der Waals surface area contributed by atoms with E-state index in [1.54, 1.807) is 0 Å². The van der Waals surface area contributed by atoms with E-state index in [1.807, 2.05) is 0 Å². The van der Waals surface area contributed by atoms with E-state index < -0.39 is 33.2 Å². The third kappa shape index (κ3) is 2.52. The fourth-order valence-corrected chi connectivity index (χ4v) is 1.54. The predicted octanol–water partition coefficient (Wildman–Crippen LogP) is 3.78. The fraction of sp³-hybridized carbons (Fsp3) is 0.286. The summed E-state index contributed by atoms with van der Waals surface area (Å²) in [7, 11) is 0. The Morgan fingerprint density at radius 1 is 1.27 bits per heavy atom. The Hall–Kier alpha value is -0.540. The summed E-state index contributed by atoms with van der Waals surface area (Å²) in [6.07, 6.45) is -8.16. The van der Waals surface area contributed by atoms with Gasteiger partial charge in [0.2, 0.25) is 0 Å². The summed E-state index contributed by atoms with van der Waals surface area (Å²) in [6, 6.07) is 0. The molecule has 1 rings (SSSR count). The minimum Gasteiger partial charge on any atom is -0.248 e. The van der Waals surface area contributed by atoms with Crippen LogP contribution in [0.3, 0.4) is 0 Å². The molecule has 1 aromatic heterocycles. The van der Waals surface area contributed by atoms with Crippen molar-refractivity contribution in [3.05, 3.63) is 26.8 Å². The summed E-state index contributed by atoms with van der Waals surface area (Å²) < 4.78 is 73.1. The van der Waals surface area contributed by atoms with Crippen LogP contribution in [0.5, 0.6) is 0 Å². The molecule has 0 saturated heterocycles. The van der Waals surface area contributed by atoms with Crippen LogP contribution in [0.2, 0.25) is 0 Å². The molecule has 0 aliphatic carbocycles.